The van der Waals surface area contributed by atoms with Gasteiger partial charge in [0.15, 0.2) is 0 Å². The molecule has 0 unspecified atom stereocenters. The van der Waals surface area contributed by atoms with Crippen molar-refractivity contribution in [2.24, 2.45) is 5.92 Å². The van der Waals surface area contributed by atoms with Gasteiger partial charge in [0.05, 0.1) is 12.0 Å². The Kier molecular flexibility index (Phi) is 7.43. The summed E-state index contributed by atoms with van der Waals surface area (Å²) in [7, 11) is 5.34. The average molecular weight is 434 g/mol. The molecule has 1 aromatic carbocycles. The minimum atomic E-state index is -1.50. The second-order valence-electron chi connectivity index (χ2n) is 8.87. The highest BCUT2D eigenvalue weighted by Crippen LogP contribution is 2.41. The molecule has 0 aromatic heterocycles. The predicted octanol–water partition coefficient (Wildman–Crippen LogP) is 1.66. The molecule has 1 aromatic rings. The van der Waals surface area contributed by atoms with Crippen LogP contribution in [0.1, 0.15) is 31.2 Å². The first-order valence-corrected chi connectivity index (χ1v) is 10.8. The van der Waals surface area contributed by atoms with Crippen molar-refractivity contribution in [2.75, 3.05) is 54.0 Å². The zero-order valence-electron chi connectivity index (χ0n) is 18.6. The van der Waals surface area contributed by atoms with Gasteiger partial charge in [-0.3, -0.25) is 19.3 Å². The van der Waals surface area contributed by atoms with Crippen LogP contribution in [0.5, 0.6) is 0 Å². The van der Waals surface area contributed by atoms with Crippen LogP contribution in [0.15, 0.2) is 24.3 Å². The highest BCUT2D eigenvalue weighted by atomic mass is 19.1. The number of imide groups is 1. The van der Waals surface area contributed by atoms with Crippen LogP contribution in [-0.4, -0.2) is 86.4 Å². The smallest absolute Gasteiger partial charge is 0.241 e. The van der Waals surface area contributed by atoms with Crippen LogP contribution in [0.25, 0.3) is 0 Å². The molecule has 2 fully saturated rings. The van der Waals surface area contributed by atoms with Gasteiger partial charge in [-0.15, -0.1) is 0 Å². The Morgan fingerprint density at radius 3 is 2.71 bits per heavy atom. The number of likely N-dealkylation sites (tertiary alicyclic amines) is 2. The molecule has 3 rings (SSSR count). The number of hydrogen-bond acceptors (Lipinski definition) is 5. The van der Waals surface area contributed by atoms with Crippen molar-refractivity contribution in [1.82, 2.24) is 14.7 Å². The van der Waals surface area contributed by atoms with Crippen LogP contribution in [0, 0.1) is 11.7 Å². The SMILES string of the molecule is COC[C@H]1CCCN(C(=O)C[C@@]2(c3ccccc3F)CC(=O)N(CCN(C)C)C2=O)C1. The highest BCUT2D eigenvalue weighted by molar-refractivity contribution is 6.10. The summed E-state index contributed by atoms with van der Waals surface area (Å²) in [4.78, 5) is 44.4. The third-order valence-corrected chi connectivity index (χ3v) is 6.30. The third kappa shape index (κ3) is 4.96. The fourth-order valence-electron chi connectivity index (χ4n) is 4.65. The summed E-state index contributed by atoms with van der Waals surface area (Å²) >= 11 is 0. The first-order valence-electron chi connectivity index (χ1n) is 10.8. The van der Waals surface area contributed by atoms with Gasteiger partial charge in [0, 0.05) is 51.7 Å². The molecule has 0 aliphatic carbocycles. The number of nitrogens with zero attached hydrogens (tertiary/aromatic N) is 3. The van der Waals surface area contributed by atoms with Gasteiger partial charge in [-0.2, -0.15) is 0 Å². The molecule has 2 aliphatic rings. The number of methoxy groups -OCH3 is 1. The molecule has 2 heterocycles. The first-order chi connectivity index (χ1) is 14.8. The van der Waals surface area contributed by atoms with Gasteiger partial charge in [-0.1, -0.05) is 18.2 Å². The number of amides is 3. The Hall–Kier alpha value is -2.32. The molecular weight excluding hydrogens is 401 g/mol. The molecule has 31 heavy (non-hydrogen) atoms. The van der Waals surface area contributed by atoms with Crippen molar-refractivity contribution in [3.05, 3.63) is 35.6 Å². The van der Waals surface area contributed by atoms with E-state index in [0.29, 0.717) is 26.2 Å². The molecule has 0 saturated carbocycles. The second-order valence-corrected chi connectivity index (χ2v) is 8.87. The number of piperidine rings is 1. The number of rotatable bonds is 8. The zero-order chi connectivity index (χ0) is 22.6. The minimum absolute atomic E-state index is 0.125. The van der Waals surface area contributed by atoms with Crippen molar-refractivity contribution in [2.45, 2.75) is 31.1 Å². The monoisotopic (exact) mass is 433 g/mol. The summed E-state index contributed by atoms with van der Waals surface area (Å²) in [5, 5.41) is 0. The van der Waals surface area contributed by atoms with Crippen LogP contribution >= 0.6 is 0 Å². The quantitative estimate of drug-likeness (QED) is 0.583. The molecule has 7 nitrogen and oxygen atoms in total. The van der Waals surface area contributed by atoms with Crippen molar-refractivity contribution < 1.29 is 23.5 Å². The summed E-state index contributed by atoms with van der Waals surface area (Å²) in [5.41, 5.74) is -1.38. The zero-order valence-corrected chi connectivity index (χ0v) is 18.6. The highest BCUT2D eigenvalue weighted by Gasteiger charge is 2.55. The van der Waals surface area contributed by atoms with E-state index in [1.165, 1.54) is 17.0 Å². The number of carbonyl (C=O) groups is 3. The van der Waals surface area contributed by atoms with E-state index in [1.807, 2.05) is 19.0 Å². The van der Waals surface area contributed by atoms with Gasteiger partial charge in [-0.05, 0) is 38.9 Å². The fraction of sp³-hybridized carbons (Fsp3) is 0.609. The lowest BCUT2D eigenvalue weighted by Gasteiger charge is -2.35. The molecule has 2 aliphatic heterocycles. The Labute approximate surface area is 183 Å². The van der Waals surface area contributed by atoms with Crippen molar-refractivity contribution in [1.29, 1.82) is 0 Å². The number of hydrogen-bond donors (Lipinski definition) is 0. The number of carbonyl (C=O) groups excluding carboxylic acids is 3. The maximum atomic E-state index is 14.9. The lowest BCUT2D eigenvalue weighted by atomic mass is 9.75. The Balaban J connectivity index is 1.89. The number of halogens is 1. The van der Waals surface area contributed by atoms with E-state index in [1.54, 1.807) is 24.1 Å². The Bertz CT molecular complexity index is 829. The summed E-state index contributed by atoms with van der Waals surface area (Å²) in [5.74, 6) is -1.40. The fourth-order valence-corrected chi connectivity index (χ4v) is 4.65. The van der Waals surface area contributed by atoms with E-state index in [0.717, 1.165) is 12.8 Å². The topological polar surface area (TPSA) is 70.2 Å². The molecule has 2 atom stereocenters. The maximum absolute atomic E-state index is 14.9. The molecule has 0 spiro atoms. The Morgan fingerprint density at radius 1 is 1.29 bits per heavy atom. The largest absolute Gasteiger partial charge is 0.384 e. The normalized spacial score (nSPS) is 24.4. The molecule has 170 valence electrons. The summed E-state index contributed by atoms with van der Waals surface area (Å²) in [6.45, 7) is 2.43. The third-order valence-electron chi connectivity index (χ3n) is 6.30. The average Bonchev–Trinajstić information content (AvgIpc) is 2.97. The van der Waals surface area contributed by atoms with Gasteiger partial charge in [-0.25, -0.2) is 4.39 Å². The van der Waals surface area contributed by atoms with E-state index in [2.05, 4.69) is 0 Å². The van der Waals surface area contributed by atoms with Crippen LogP contribution in [0.3, 0.4) is 0 Å². The number of ether oxygens (including phenoxy) is 1. The molecular formula is C23H32FN3O4. The molecule has 0 radical (unpaired) electrons. The van der Waals surface area contributed by atoms with Crippen LogP contribution in [-0.2, 0) is 24.5 Å². The van der Waals surface area contributed by atoms with Gasteiger partial charge < -0.3 is 14.5 Å². The van der Waals surface area contributed by atoms with E-state index < -0.39 is 17.1 Å². The van der Waals surface area contributed by atoms with E-state index >= 15 is 0 Å². The maximum Gasteiger partial charge on any atom is 0.241 e. The van der Waals surface area contributed by atoms with Crippen LogP contribution in [0.2, 0.25) is 0 Å². The molecule has 8 heteroatoms. The number of benzene rings is 1. The van der Waals surface area contributed by atoms with Crippen molar-refractivity contribution >= 4 is 17.7 Å². The lowest BCUT2D eigenvalue weighted by molar-refractivity contribution is -0.143. The van der Waals surface area contributed by atoms with E-state index in [4.69, 9.17) is 4.74 Å². The molecule has 3 amide bonds. The predicted molar refractivity (Wildman–Crippen MR) is 114 cm³/mol. The number of likely N-dealkylation sites (N-methyl/N-ethyl adjacent to an activating group) is 1. The minimum Gasteiger partial charge on any atom is -0.384 e. The molecule has 2 saturated heterocycles. The van der Waals surface area contributed by atoms with Crippen molar-refractivity contribution in [3.8, 4) is 0 Å². The van der Waals surface area contributed by atoms with Crippen LogP contribution < -0.4 is 0 Å². The summed E-state index contributed by atoms with van der Waals surface area (Å²) in [6.07, 6.45) is 1.43. The van der Waals surface area contributed by atoms with E-state index in [-0.39, 0.29) is 42.7 Å². The van der Waals surface area contributed by atoms with Gasteiger partial charge in [0.1, 0.15) is 5.82 Å². The lowest BCUT2D eigenvalue weighted by Crippen LogP contribution is -2.47. The van der Waals surface area contributed by atoms with E-state index in [9.17, 15) is 18.8 Å². The molecule has 0 bridgehead atoms. The van der Waals surface area contributed by atoms with Gasteiger partial charge >= 0.3 is 0 Å². The second kappa shape index (κ2) is 9.87. The summed E-state index contributed by atoms with van der Waals surface area (Å²) < 4.78 is 20.1. The van der Waals surface area contributed by atoms with Crippen LogP contribution in [0.4, 0.5) is 4.39 Å². The van der Waals surface area contributed by atoms with Gasteiger partial charge in [0.25, 0.3) is 0 Å². The standard InChI is InChI=1S/C23H32FN3O4/c1-25(2)11-12-27-21(29)14-23(22(27)30,18-8-4-5-9-19(18)24)13-20(28)26-10-6-7-17(15-26)16-31-3/h4-5,8-9,17H,6-7,10-16H2,1-3H3/t17-,23-/m0/s1. The van der Waals surface area contributed by atoms with Gasteiger partial charge in [0.2, 0.25) is 17.7 Å². The molecule has 0 N–H and O–H groups in total. The summed E-state index contributed by atoms with van der Waals surface area (Å²) in [6, 6.07) is 5.98. The first kappa shape index (κ1) is 23.3. The Morgan fingerprint density at radius 2 is 2.03 bits per heavy atom. The van der Waals surface area contributed by atoms with Crippen molar-refractivity contribution in [3.63, 3.8) is 0 Å².